The first-order valence-electron chi connectivity index (χ1n) is 8.27. The van der Waals surface area contributed by atoms with E-state index in [4.69, 9.17) is 14.7 Å². The normalized spacial score (nSPS) is 27.5. The second-order valence-electron chi connectivity index (χ2n) is 6.43. The van der Waals surface area contributed by atoms with Crippen LogP contribution in [0, 0.1) is 17.1 Å². The first kappa shape index (κ1) is 18.3. The van der Waals surface area contributed by atoms with E-state index in [0.717, 1.165) is 18.9 Å². The number of ether oxygens (including phenoxy) is 2. The van der Waals surface area contributed by atoms with Crippen molar-refractivity contribution in [1.82, 2.24) is 4.31 Å². The summed E-state index contributed by atoms with van der Waals surface area (Å²) < 4.78 is 52.5. The summed E-state index contributed by atoms with van der Waals surface area (Å²) in [5, 5.41) is 8.95. The number of morpholine rings is 1. The molecule has 1 aliphatic carbocycles. The van der Waals surface area contributed by atoms with Gasteiger partial charge in [0.15, 0.2) is 0 Å². The maximum absolute atomic E-state index is 14.0. The molecular formula is C17H21FN2O4S. The zero-order valence-electron chi connectivity index (χ0n) is 14.0. The van der Waals surface area contributed by atoms with Crippen molar-refractivity contribution in [2.75, 3.05) is 20.3 Å². The second kappa shape index (κ2) is 7.38. The van der Waals surface area contributed by atoms with Crippen LogP contribution in [0.15, 0.2) is 18.2 Å². The van der Waals surface area contributed by atoms with Crippen LogP contribution in [0.2, 0.25) is 0 Å². The highest BCUT2D eigenvalue weighted by Gasteiger charge is 2.43. The van der Waals surface area contributed by atoms with Crippen molar-refractivity contribution in [2.45, 2.75) is 43.3 Å². The highest BCUT2D eigenvalue weighted by Crippen LogP contribution is 2.32. The summed E-state index contributed by atoms with van der Waals surface area (Å²) in [6, 6.07) is 5.38. The van der Waals surface area contributed by atoms with Gasteiger partial charge in [-0.3, -0.25) is 0 Å². The molecule has 1 heterocycles. The van der Waals surface area contributed by atoms with Gasteiger partial charge in [-0.1, -0.05) is 0 Å². The Morgan fingerprint density at radius 3 is 2.96 bits per heavy atom. The Kier molecular flexibility index (Phi) is 5.39. The molecule has 0 radical (unpaired) electrons. The Labute approximate surface area is 147 Å². The lowest BCUT2D eigenvalue weighted by atomic mass is 9.89. The van der Waals surface area contributed by atoms with Crippen LogP contribution < -0.4 is 0 Å². The quantitative estimate of drug-likeness (QED) is 0.810. The molecule has 0 spiro atoms. The maximum Gasteiger partial charge on any atom is 0.218 e. The highest BCUT2D eigenvalue weighted by molar-refractivity contribution is 7.88. The zero-order valence-corrected chi connectivity index (χ0v) is 14.8. The highest BCUT2D eigenvalue weighted by atomic mass is 32.2. The molecule has 2 aliphatic rings. The summed E-state index contributed by atoms with van der Waals surface area (Å²) in [6.07, 6.45) is 2.00. The standard InChI is InChI=1S/C17H21FN2O4S/c1-23-14-3-5-17-16(9-14)20(6-7-24-17)25(21,22)11-13-8-12(10-19)2-4-15(13)18/h2,4,8,14,16-17H,3,5-7,9,11H2,1H3. The van der Waals surface area contributed by atoms with Gasteiger partial charge in [-0.15, -0.1) is 0 Å². The van der Waals surface area contributed by atoms with Gasteiger partial charge in [0.05, 0.1) is 42.2 Å². The van der Waals surface area contributed by atoms with Gasteiger partial charge in [0.1, 0.15) is 5.82 Å². The molecule has 1 aromatic carbocycles. The minimum absolute atomic E-state index is 0.000645. The van der Waals surface area contributed by atoms with E-state index in [1.165, 1.54) is 16.4 Å². The molecule has 0 bridgehead atoms. The summed E-state index contributed by atoms with van der Waals surface area (Å²) in [4.78, 5) is 0. The Morgan fingerprint density at radius 1 is 1.44 bits per heavy atom. The Bertz CT molecular complexity index is 777. The SMILES string of the molecule is COC1CCC2OCCN(S(=O)(=O)Cc3cc(C#N)ccc3F)C2C1. The van der Waals surface area contributed by atoms with E-state index in [9.17, 15) is 12.8 Å². The molecule has 0 amide bonds. The third-order valence-electron chi connectivity index (χ3n) is 4.92. The van der Waals surface area contributed by atoms with Crippen LogP contribution in [0.4, 0.5) is 4.39 Å². The van der Waals surface area contributed by atoms with E-state index in [0.29, 0.717) is 13.0 Å². The summed E-state index contributed by atoms with van der Waals surface area (Å²) in [5.74, 6) is -1.08. The van der Waals surface area contributed by atoms with Crippen LogP contribution in [0.5, 0.6) is 0 Å². The first-order chi connectivity index (χ1) is 11.9. The topological polar surface area (TPSA) is 79.6 Å². The van der Waals surface area contributed by atoms with Gasteiger partial charge in [0.25, 0.3) is 0 Å². The average molecular weight is 368 g/mol. The van der Waals surface area contributed by atoms with E-state index in [1.807, 2.05) is 6.07 Å². The molecule has 8 heteroatoms. The lowest BCUT2D eigenvalue weighted by Crippen LogP contribution is -2.57. The molecule has 25 heavy (non-hydrogen) atoms. The van der Waals surface area contributed by atoms with Crippen LogP contribution in [-0.2, 0) is 25.2 Å². The Hall–Kier alpha value is -1.53. The number of hydrogen-bond donors (Lipinski definition) is 0. The number of sulfonamides is 1. The van der Waals surface area contributed by atoms with Crippen LogP contribution in [0.1, 0.15) is 30.4 Å². The number of benzene rings is 1. The minimum atomic E-state index is -3.74. The van der Waals surface area contributed by atoms with Gasteiger partial charge in [0.2, 0.25) is 10.0 Å². The van der Waals surface area contributed by atoms with Gasteiger partial charge in [-0.2, -0.15) is 9.57 Å². The largest absolute Gasteiger partial charge is 0.381 e. The number of nitriles is 1. The molecule has 3 atom stereocenters. The molecule has 1 aromatic rings. The molecule has 0 N–H and O–H groups in total. The van der Waals surface area contributed by atoms with Crippen LogP contribution in [-0.4, -0.2) is 51.2 Å². The first-order valence-corrected chi connectivity index (χ1v) is 9.88. The predicted molar refractivity (Wildman–Crippen MR) is 88.6 cm³/mol. The molecule has 1 saturated heterocycles. The minimum Gasteiger partial charge on any atom is -0.381 e. The van der Waals surface area contributed by atoms with Crippen LogP contribution in [0.3, 0.4) is 0 Å². The molecule has 1 aliphatic heterocycles. The van der Waals surface area contributed by atoms with Crippen molar-refractivity contribution in [1.29, 1.82) is 5.26 Å². The summed E-state index contributed by atoms with van der Waals surface area (Å²) in [7, 11) is -2.12. The van der Waals surface area contributed by atoms with Crippen molar-refractivity contribution >= 4 is 10.0 Å². The molecule has 3 unspecified atom stereocenters. The average Bonchev–Trinajstić information content (AvgIpc) is 2.62. The number of halogens is 1. The molecule has 2 fully saturated rings. The lowest BCUT2D eigenvalue weighted by molar-refractivity contribution is -0.0883. The fourth-order valence-electron chi connectivity index (χ4n) is 3.63. The van der Waals surface area contributed by atoms with Gasteiger partial charge in [-0.25, -0.2) is 12.8 Å². The predicted octanol–water partition coefficient (Wildman–Crippen LogP) is 1.80. The fraction of sp³-hybridized carbons (Fsp3) is 0.588. The Morgan fingerprint density at radius 2 is 2.24 bits per heavy atom. The molecule has 6 nitrogen and oxygen atoms in total. The van der Waals surface area contributed by atoms with E-state index in [-0.39, 0.29) is 35.9 Å². The van der Waals surface area contributed by atoms with E-state index >= 15 is 0 Å². The fourth-order valence-corrected chi connectivity index (χ4v) is 5.40. The van der Waals surface area contributed by atoms with Gasteiger partial charge in [-0.05, 0) is 37.5 Å². The van der Waals surface area contributed by atoms with Crippen LogP contribution >= 0.6 is 0 Å². The third-order valence-corrected chi connectivity index (χ3v) is 6.77. The number of nitrogens with zero attached hydrogens (tertiary/aromatic N) is 2. The van der Waals surface area contributed by atoms with Crippen molar-refractivity contribution in [3.63, 3.8) is 0 Å². The summed E-state index contributed by atoms with van der Waals surface area (Å²) in [6.45, 7) is 0.582. The number of methoxy groups -OCH3 is 1. The molecule has 3 rings (SSSR count). The van der Waals surface area contributed by atoms with E-state index in [2.05, 4.69) is 0 Å². The molecule has 0 aromatic heterocycles. The van der Waals surface area contributed by atoms with Crippen molar-refractivity contribution < 1.29 is 22.3 Å². The lowest BCUT2D eigenvalue weighted by Gasteiger charge is -2.44. The van der Waals surface area contributed by atoms with Gasteiger partial charge >= 0.3 is 0 Å². The summed E-state index contributed by atoms with van der Waals surface area (Å²) >= 11 is 0. The summed E-state index contributed by atoms with van der Waals surface area (Å²) in [5.41, 5.74) is 0.254. The smallest absolute Gasteiger partial charge is 0.218 e. The molecular weight excluding hydrogens is 347 g/mol. The van der Waals surface area contributed by atoms with Gasteiger partial charge in [0, 0.05) is 19.2 Å². The number of fused-ring (bicyclic) bond motifs is 1. The van der Waals surface area contributed by atoms with Crippen molar-refractivity contribution in [3.8, 4) is 6.07 Å². The number of rotatable bonds is 4. The zero-order chi connectivity index (χ0) is 18.0. The monoisotopic (exact) mass is 368 g/mol. The molecule has 136 valence electrons. The van der Waals surface area contributed by atoms with Crippen molar-refractivity contribution in [3.05, 3.63) is 35.1 Å². The third kappa shape index (κ3) is 3.85. The maximum atomic E-state index is 14.0. The Balaban J connectivity index is 1.84. The number of hydrogen-bond acceptors (Lipinski definition) is 5. The molecule has 1 saturated carbocycles. The van der Waals surface area contributed by atoms with Crippen LogP contribution in [0.25, 0.3) is 0 Å². The second-order valence-corrected chi connectivity index (χ2v) is 8.35. The van der Waals surface area contributed by atoms with Crippen molar-refractivity contribution in [2.24, 2.45) is 0 Å². The van der Waals surface area contributed by atoms with E-state index < -0.39 is 21.6 Å². The van der Waals surface area contributed by atoms with E-state index in [1.54, 1.807) is 7.11 Å². The van der Waals surface area contributed by atoms with Gasteiger partial charge < -0.3 is 9.47 Å².